The Morgan fingerprint density at radius 3 is 3.00 bits per heavy atom. The summed E-state index contributed by atoms with van der Waals surface area (Å²) in [5, 5.41) is 0. The third-order valence-electron chi connectivity index (χ3n) is 3.58. The second-order valence-electron chi connectivity index (χ2n) is 4.33. The van der Waals surface area contributed by atoms with E-state index in [0.717, 1.165) is 5.69 Å². The Kier molecular flexibility index (Phi) is 1.12. The summed E-state index contributed by atoms with van der Waals surface area (Å²) in [6.07, 6.45) is 7.01. The molecule has 2 nitrogen and oxygen atoms in total. The van der Waals surface area contributed by atoms with Gasteiger partial charge < -0.3 is 0 Å². The third kappa shape index (κ3) is 0.781. The fraction of sp³-hybridized carbons (Fsp3) is 0.455. The van der Waals surface area contributed by atoms with Crippen LogP contribution in [0, 0.1) is 5.41 Å². The van der Waals surface area contributed by atoms with Crippen molar-refractivity contribution < 1.29 is 0 Å². The average Bonchev–Trinajstić information content (AvgIpc) is 2.80. The van der Waals surface area contributed by atoms with Gasteiger partial charge in [-0.1, -0.05) is 12.5 Å². The van der Waals surface area contributed by atoms with Crippen LogP contribution < -0.4 is 0 Å². The summed E-state index contributed by atoms with van der Waals surface area (Å²) in [5.74, 6) is 0.640. The molecule has 2 aliphatic rings. The molecule has 1 saturated carbocycles. The van der Waals surface area contributed by atoms with Gasteiger partial charge in [0.2, 0.25) is 0 Å². The van der Waals surface area contributed by atoms with E-state index in [1.165, 1.54) is 17.7 Å². The molecule has 3 rings (SSSR count). The van der Waals surface area contributed by atoms with Crippen molar-refractivity contribution in [1.29, 1.82) is 0 Å². The maximum Gasteiger partial charge on any atom is 0.0847 e. The van der Waals surface area contributed by atoms with Gasteiger partial charge in [0.05, 0.1) is 11.4 Å². The molecule has 0 saturated heterocycles. The van der Waals surface area contributed by atoms with Crippen LogP contribution in [0.15, 0.2) is 18.0 Å². The second kappa shape index (κ2) is 2.00. The summed E-state index contributed by atoms with van der Waals surface area (Å²) in [6, 6.07) is 0. The summed E-state index contributed by atoms with van der Waals surface area (Å²) < 4.78 is 0. The van der Waals surface area contributed by atoms with Crippen molar-refractivity contribution in [3.63, 3.8) is 0 Å². The van der Waals surface area contributed by atoms with Crippen LogP contribution in [0.25, 0.3) is 6.08 Å². The first kappa shape index (κ1) is 7.25. The fourth-order valence-electron chi connectivity index (χ4n) is 2.31. The first-order valence-electron chi connectivity index (χ1n) is 4.71. The van der Waals surface area contributed by atoms with Gasteiger partial charge in [0, 0.05) is 18.3 Å². The quantitative estimate of drug-likeness (QED) is 0.600. The van der Waals surface area contributed by atoms with Gasteiger partial charge >= 0.3 is 0 Å². The molecule has 1 aromatic rings. The molecule has 2 heteroatoms. The molecule has 0 N–H and O–H groups in total. The molecule has 0 radical (unpaired) electrons. The molecule has 0 aliphatic heterocycles. The van der Waals surface area contributed by atoms with E-state index in [4.69, 9.17) is 0 Å². The fourth-order valence-corrected chi connectivity index (χ4v) is 2.31. The van der Waals surface area contributed by atoms with E-state index < -0.39 is 0 Å². The van der Waals surface area contributed by atoms with Gasteiger partial charge in [-0.15, -0.1) is 0 Å². The van der Waals surface area contributed by atoms with E-state index in [1.807, 2.05) is 0 Å². The van der Waals surface area contributed by atoms with Crippen LogP contribution in [-0.4, -0.2) is 9.97 Å². The molecule has 0 amide bonds. The van der Waals surface area contributed by atoms with Gasteiger partial charge in [-0.25, -0.2) is 0 Å². The minimum atomic E-state index is 0.406. The Bertz CT molecular complexity index is 408. The van der Waals surface area contributed by atoms with Crippen molar-refractivity contribution in [2.75, 3.05) is 0 Å². The van der Waals surface area contributed by atoms with E-state index in [9.17, 15) is 0 Å². The molecular formula is C11H12N2. The zero-order chi connectivity index (χ0) is 9.05. The Labute approximate surface area is 77.7 Å². The maximum atomic E-state index is 4.41. The lowest BCUT2D eigenvalue weighted by molar-refractivity contribution is 0.643. The van der Waals surface area contributed by atoms with Gasteiger partial charge in [-0.3, -0.25) is 9.97 Å². The van der Waals surface area contributed by atoms with Gasteiger partial charge in [0.1, 0.15) is 0 Å². The van der Waals surface area contributed by atoms with Crippen molar-refractivity contribution in [2.24, 2.45) is 5.41 Å². The molecule has 66 valence electrons. The summed E-state index contributed by atoms with van der Waals surface area (Å²) in [4.78, 5) is 8.75. The molecule has 13 heavy (non-hydrogen) atoms. The van der Waals surface area contributed by atoms with Gasteiger partial charge in [0.25, 0.3) is 0 Å². The van der Waals surface area contributed by atoms with Crippen LogP contribution in [0.1, 0.15) is 37.6 Å². The Morgan fingerprint density at radius 1 is 1.38 bits per heavy atom. The van der Waals surface area contributed by atoms with E-state index in [-0.39, 0.29) is 0 Å². The van der Waals surface area contributed by atoms with Crippen LogP contribution in [-0.2, 0) is 0 Å². The topological polar surface area (TPSA) is 25.8 Å². The van der Waals surface area contributed by atoms with E-state index in [1.54, 1.807) is 12.4 Å². The Morgan fingerprint density at radius 2 is 2.15 bits per heavy atom. The van der Waals surface area contributed by atoms with E-state index in [0.29, 0.717) is 11.3 Å². The summed E-state index contributed by atoms with van der Waals surface area (Å²) >= 11 is 0. The lowest BCUT2D eigenvalue weighted by Crippen LogP contribution is -2.08. The summed E-state index contributed by atoms with van der Waals surface area (Å²) in [5.41, 5.74) is 4.16. The van der Waals surface area contributed by atoms with Gasteiger partial charge in [-0.2, -0.15) is 0 Å². The van der Waals surface area contributed by atoms with Crippen LogP contribution >= 0.6 is 0 Å². The third-order valence-corrected chi connectivity index (χ3v) is 3.58. The highest BCUT2D eigenvalue weighted by Gasteiger charge is 2.55. The average molecular weight is 172 g/mol. The van der Waals surface area contributed by atoms with E-state index >= 15 is 0 Å². The standard InChI is InChI=1S/C11H12N2/c1-7-5-9-10(13-4-3-12-9)8-6-11(7,8)2/h3-5,8H,6H2,1-2H3. The number of hydrogen-bond donors (Lipinski definition) is 0. The SMILES string of the molecule is CC1=Cc2nccnc2C2CC12C. The zero-order valence-corrected chi connectivity index (χ0v) is 7.91. The van der Waals surface area contributed by atoms with Crippen LogP contribution in [0.5, 0.6) is 0 Å². The lowest BCUT2D eigenvalue weighted by atomic mass is 9.90. The number of hydrogen-bond acceptors (Lipinski definition) is 2. The zero-order valence-electron chi connectivity index (χ0n) is 7.91. The number of fused-ring (bicyclic) bond motifs is 3. The van der Waals surface area contributed by atoms with Crippen molar-refractivity contribution >= 4 is 6.08 Å². The Hall–Kier alpha value is -1.18. The molecule has 2 unspecified atom stereocenters. The number of rotatable bonds is 0. The van der Waals surface area contributed by atoms with Crippen molar-refractivity contribution in [3.05, 3.63) is 29.4 Å². The first-order chi connectivity index (χ1) is 6.22. The highest BCUT2D eigenvalue weighted by molar-refractivity contribution is 5.61. The first-order valence-corrected chi connectivity index (χ1v) is 4.71. The monoisotopic (exact) mass is 172 g/mol. The summed E-state index contributed by atoms with van der Waals surface area (Å²) in [6.45, 7) is 4.53. The number of aromatic nitrogens is 2. The highest BCUT2D eigenvalue weighted by Crippen LogP contribution is 2.65. The van der Waals surface area contributed by atoms with Gasteiger partial charge in [-0.05, 0) is 24.8 Å². The van der Waals surface area contributed by atoms with Crippen LogP contribution in [0.2, 0.25) is 0 Å². The molecular weight excluding hydrogens is 160 g/mol. The van der Waals surface area contributed by atoms with Crippen molar-refractivity contribution in [2.45, 2.75) is 26.2 Å². The van der Waals surface area contributed by atoms with Crippen LogP contribution in [0.4, 0.5) is 0 Å². The molecule has 1 aromatic heterocycles. The smallest absolute Gasteiger partial charge is 0.0847 e. The van der Waals surface area contributed by atoms with Gasteiger partial charge in [0.15, 0.2) is 0 Å². The molecule has 1 heterocycles. The van der Waals surface area contributed by atoms with Crippen molar-refractivity contribution in [3.8, 4) is 0 Å². The minimum Gasteiger partial charge on any atom is -0.257 e. The Balaban J connectivity index is 2.23. The predicted octanol–water partition coefficient (Wildman–Crippen LogP) is 2.39. The van der Waals surface area contributed by atoms with Crippen LogP contribution in [0.3, 0.4) is 0 Å². The largest absolute Gasteiger partial charge is 0.257 e. The number of nitrogens with zero attached hydrogens (tertiary/aromatic N) is 2. The minimum absolute atomic E-state index is 0.406. The predicted molar refractivity (Wildman–Crippen MR) is 51.1 cm³/mol. The highest BCUT2D eigenvalue weighted by atomic mass is 14.8. The molecule has 2 atom stereocenters. The summed E-state index contributed by atoms with van der Waals surface area (Å²) in [7, 11) is 0. The molecule has 0 aromatic carbocycles. The van der Waals surface area contributed by atoms with Crippen molar-refractivity contribution in [1.82, 2.24) is 9.97 Å². The lowest BCUT2D eigenvalue weighted by Gasteiger charge is -2.17. The molecule has 0 bridgehead atoms. The molecule has 1 fully saturated rings. The molecule has 0 spiro atoms. The normalized spacial score (nSPS) is 34.6. The second-order valence-corrected chi connectivity index (χ2v) is 4.33. The molecule has 2 aliphatic carbocycles. The number of allylic oxidation sites excluding steroid dienone is 1. The maximum absolute atomic E-state index is 4.41. The van der Waals surface area contributed by atoms with E-state index in [2.05, 4.69) is 29.9 Å².